The quantitative estimate of drug-likeness (QED) is 0.398. The molecule has 0 amide bonds. The maximum atomic E-state index is 11.7. The van der Waals surface area contributed by atoms with Gasteiger partial charge in [0, 0.05) is 0 Å². The van der Waals surface area contributed by atoms with E-state index < -0.39 is 18.0 Å². The normalized spacial score (nSPS) is 13.8. The predicted octanol–water partition coefficient (Wildman–Crippen LogP) is 1.10. The number of aliphatic imine (C=N–C) groups is 1. The van der Waals surface area contributed by atoms with Crippen LogP contribution in [0.15, 0.2) is 4.99 Å². The predicted molar refractivity (Wildman–Crippen MR) is 27.1 cm³/mol. The van der Waals surface area contributed by atoms with Crippen LogP contribution in [-0.4, -0.2) is 24.1 Å². The van der Waals surface area contributed by atoms with Crippen LogP contribution in [0.4, 0.5) is 26.3 Å². The van der Waals surface area contributed by atoms with Gasteiger partial charge in [-0.3, -0.25) is 5.73 Å². The van der Waals surface area contributed by atoms with Crippen LogP contribution in [0.25, 0.3) is 0 Å². The standard InChI is InChI=1S/C4H2F6N2O/c5-3(6,7)2(11,12-1-13)4(8,9)10/h11H2. The Bertz CT molecular complexity index is 222. The number of nitrogens with zero attached hydrogens (tertiary/aromatic N) is 1. The molecule has 3 nitrogen and oxygen atoms in total. The summed E-state index contributed by atoms with van der Waals surface area (Å²) >= 11 is 0. The fourth-order valence-electron chi connectivity index (χ4n) is 0.359. The molecule has 0 aliphatic rings. The van der Waals surface area contributed by atoms with Crippen LogP contribution < -0.4 is 5.73 Å². The lowest BCUT2D eigenvalue weighted by molar-refractivity contribution is -0.293. The van der Waals surface area contributed by atoms with Crippen molar-refractivity contribution >= 4 is 6.08 Å². The zero-order valence-corrected chi connectivity index (χ0v) is 5.70. The Kier molecular flexibility index (Phi) is 2.75. The van der Waals surface area contributed by atoms with E-state index in [2.05, 4.69) is 5.73 Å². The third-order valence-electron chi connectivity index (χ3n) is 1.09. The second kappa shape index (κ2) is 3.00. The second-order valence-electron chi connectivity index (χ2n) is 1.96. The molecule has 2 N–H and O–H groups in total. The van der Waals surface area contributed by atoms with E-state index in [1.54, 1.807) is 0 Å². The highest BCUT2D eigenvalue weighted by molar-refractivity contribution is 5.35. The monoisotopic (exact) mass is 208 g/mol. The zero-order chi connectivity index (χ0) is 10.9. The molecule has 0 saturated heterocycles. The number of carbonyl (C=O) groups excluding carboxylic acids is 1. The summed E-state index contributed by atoms with van der Waals surface area (Å²) in [5.41, 5.74) is -0.990. The summed E-state index contributed by atoms with van der Waals surface area (Å²) < 4.78 is 70.0. The van der Waals surface area contributed by atoms with Crippen LogP contribution in [0.3, 0.4) is 0 Å². The number of alkyl halides is 6. The summed E-state index contributed by atoms with van der Waals surface area (Å²) in [5.74, 6) is 0. The van der Waals surface area contributed by atoms with Crippen LogP contribution in [-0.2, 0) is 4.79 Å². The minimum atomic E-state index is -5.89. The first-order valence-corrected chi connectivity index (χ1v) is 2.57. The Labute approximate surface area is 67.2 Å². The molecule has 0 aromatic rings. The van der Waals surface area contributed by atoms with Gasteiger partial charge in [-0.05, 0) is 0 Å². The van der Waals surface area contributed by atoms with Crippen molar-refractivity contribution in [3.05, 3.63) is 0 Å². The van der Waals surface area contributed by atoms with Gasteiger partial charge in [-0.25, -0.2) is 4.79 Å². The molecule has 0 aliphatic heterocycles. The first kappa shape index (κ1) is 11.9. The van der Waals surface area contributed by atoms with Gasteiger partial charge >= 0.3 is 18.0 Å². The molecule has 0 bridgehead atoms. The highest BCUT2D eigenvalue weighted by Crippen LogP contribution is 2.41. The Morgan fingerprint density at radius 3 is 1.38 bits per heavy atom. The average Bonchev–Trinajstić information content (AvgIpc) is 1.82. The van der Waals surface area contributed by atoms with Gasteiger partial charge < -0.3 is 0 Å². The largest absolute Gasteiger partial charge is 0.436 e. The van der Waals surface area contributed by atoms with Crippen LogP contribution in [0.1, 0.15) is 0 Å². The molecular weight excluding hydrogens is 206 g/mol. The van der Waals surface area contributed by atoms with Crippen molar-refractivity contribution in [1.82, 2.24) is 0 Å². The molecule has 0 radical (unpaired) electrons. The number of halogens is 6. The van der Waals surface area contributed by atoms with Crippen LogP contribution in [0.5, 0.6) is 0 Å². The molecule has 0 aromatic carbocycles. The van der Waals surface area contributed by atoms with Crippen LogP contribution >= 0.6 is 0 Å². The number of hydrogen-bond acceptors (Lipinski definition) is 3. The van der Waals surface area contributed by atoms with Crippen molar-refractivity contribution in [2.45, 2.75) is 18.0 Å². The molecule has 0 unspecified atom stereocenters. The number of rotatable bonds is 1. The Hall–Kier alpha value is -1.08. The van der Waals surface area contributed by atoms with E-state index in [1.807, 2.05) is 0 Å². The molecular formula is C4H2F6N2O. The zero-order valence-electron chi connectivity index (χ0n) is 5.70. The van der Waals surface area contributed by atoms with Crippen molar-refractivity contribution in [2.75, 3.05) is 0 Å². The summed E-state index contributed by atoms with van der Waals surface area (Å²) in [7, 11) is 0. The number of hydrogen-bond donors (Lipinski definition) is 1. The van der Waals surface area contributed by atoms with Gasteiger partial charge in [-0.2, -0.15) is 31.3 Å². The van der Waals surface area contributed by atoms with Crippen molar-refractivity contribution in [3.8, 4) is 0 Å². The third kappa shape index (κ3) is 1.99. The van der Waals surface area contributed by atoms with E-state index in [0.717, 1.165) is 0 Å². The molecule has 0 spiro atoms. The van der Waals surface area contributed by atoms with Gasteiger partial charge in [0.05, 0.1) is 0 Å². The third-order valence-corrected chi connectivity index (χ3v) is 1.09. The van der Waals surface area contributed by atoms with E-state index in [1.165, 1.54) is 4.99 Å². The molecule has 0 fully saturated rings. The van der Waals surface area contributed by atoms with Crippen molar-refractivity contribution in [1.29, 1.82) is 0 Å². The maximum Gasteiger partial charge on any atom is 0.436 e. The van der Waals surface area contributed by atoms with Gasteiger partial charge in [0.1, 0.15) is 0 Å². The van der Waals surface area contributed by atoms with Gasteiger partial charge in [-0.1, -0.05) is 0 Å². The molecule has 0 atom stereocenters. The maximum absolute atomic E-state index is 11.7. The lowest BCUT2D eigenvalue weighted by Gasteiger charge is -2.27. The van der Waals surface area contributed by atoms with Gasteiger partial charge in [-0.15, -0.1) is 0 Å². The molecule has 0 aromatic heterocycles. The number of nitrogens with two attached hydrogens (primary N) is 1. The summed E-state index contributed by atoms with van der Waals surface area (Å²) in [4.78, 5) is 10.9. The summed E-state index contributed by atoms with van der Waals surface area (Å²) in [6.07, 6.45) is -11.6. The first-order valence-electron chi connectivity index (χ1n) is 2.57. The van der Waals surface area contributed by atoms with Crippen LogP contribution in [0.2, 0.25) is 0 Å². The van der Waals surface area contributed by atoms with Gasteiger partial charge in [0.25, 0.3) is 0 Å². The molecule has 0 heterocycles. The SMILES string of the molecule is NC(N=C=O)(C(F)(F)F)C(F)(F)F. The Balaban J connectivity index is 5.33. The highest BCUT2D eigenvalue weighted by atomic mass is 19.4. The van der Waals surface area contributed by atoms with E-state index >= 15 is 0 Å². The molecule has 13 heavy (non-hydrogen) atoms. The molecule has 0 aliphatic carbocycles. The minimum Gasteiger partial charge on any atom is -0.291 e. The molecule has 0 rings (SSSR count). The first-order chi connectivity index (χ1) is 5.56. The second-order valence-corrected chi connectivity index (χ2v) is 1.96. The fraction of sp³-hybridized carbons (Fsp3) is 0.750. The Morgan fingerprint density at radius 1 is 1.00 bits per heavy atom. The smallest absolute Gasteiger partial charge is 0.291 e. The summed E-state index contributed by atoms with van der Waals surface area (Å²) in [5, 5.41) is 0. The van der Waals surface area contributed by atoms with E-state index in [-0.39, 0.29) is 6.08 Å². The van der Waals surface area contributed by atoms with Crippen molar-refractivity contribution in [3.63, 3.8) is 0 Å². The van der Waals surface area contributed by atoms with Crippen molar-refractivity contribution in [2.24, 2.45) is 10.7 Å². The van der Waals surface area contributed by atoms with Crippen molar-refractivity contribution < 1.29 is 31.1 Å². The molecule has 76 valence electrons. The van der Waals surface area contributed by atoms with E-state index in [4.69, 9.17) is 0 Å². The average molecular weight is 208 g/mol. The van der Waals surface area contributed by atoms with Gasteiger partial charge in [0.2, 0.25) is 6.08 Å². The van der Waals surface area contributed by atoms with E-state index in [0.29, 0.717) is 0 Å². The highest BCUT2D eigenvalue weighted by Gasteiger charge is 2.69. The number of isocyanates is 1. The molecule has 9 heteroatoms. The molecule has 0 saturated carbocycles. The van der Waals surface area contributed by atoms with Crippen LogP contribution in [0, 0.1) is 0 Å². The topological polar surface area (TPSA) is 55.4 Å². The summed E-state index contributed by atoms with van der Waals surface area (Å²) in [6.45, 7) is 0. The summed E-state index contributed by atoms with van der Waals surface area (Å²) in [6, 6.07) is 0. The lowest BCUT2D eigenvalue weighted by Crippen LogP contribution is -2.62. The Morgan fingerprint density at radius 2 is 1.31 bits per heavy atom. The van der Waals surface area contributed by atoms with Gasteiger partial charge in [0.15, 0.2) is 0 Å². The fourth-order valence-corrected chi connectivity index (χ4v) is 0.359. The minimum absolute atomic E-state index is 0.131. The van der Waals surface area contributed by atoms with E-state index in [9.17, 15) is 31.1 Å². The lowest BCUT2D eigenvalue weighted by atomic mass is 10.2.